The van der Waals surface area contributed by atoms with Crippen LogP contribution in [0.25, 0.3) is 10.9 Å². The molecule has 2 N–H and O–H groups in total. The van der Waals surface area contributed by atoms with Crippen LogP contribution in [0.4, 0.5) is 0 Å². The minimum atomic E-state index is -0.319. The molecule has 2 heterocycles. The smallest absolute Gasteiger partial charge is 0.240 e. The number of hydrogen-bond donors (Lipinski definition) is 2. The van der Waals surface area contributed by atoms with Crippen LogP contribution in [-0.4, -0.2) is 40.9 Å². The molecule has 5 heteroatoms. The van der Waals surface area contributed by atoms with Gasteiger partial charge < -0.3 is 19.7 Å². The maximum Gasteiger partial charge on any atom is 0.240 e. The lowest BCUT2D eigenvalue weighted by Crippen LogP contribution is -2.65. The van der Waals surface area contributed by atoms with Crippen molar-refractivity contribution in [2.45, 2.75) is 44.9 Å². The fourth-order valence-electron chi connectivity index (χ4n) is 4.34. The fourth-order valence-corrected chi connectivity index (χ4v) is 4.34. The van der Waals surface area contributed by atoms with Gasteiger partial charge in [0.25, 0.3) is 0 Å². The molecule has 5 nitrogen and oxygen atoms in total. The molecule has 0 unspecified atom stereocenters. The number of benzene rings is 1. The van der Waals surface area contributed by atoms with E-state index in [9.17, 15) is 9.90 Å². The first-order valence-electron chi connectivity index (χ1n) is 8.70. The van der Waals surface area contributed by atoms with E-state index in [4.69, 9.17) is 4.74 Å². The zero-order valence-corrected chi connectivity index (χ0v) is 14.0. The predicted molar refractivity (Wildman–Crippen MR) is 91.7 cm³/mol. The number of aliphatic hydroxyl groups excluding tert-OH is 1. The summed E-state index contributed by atoms with van der Waals surface area (Å²) in [5, 5.41) is 14.6. The Morgan fingerprint density at radius 3 is 2.88 bits per heavy atom. The van der Waals surface area contributed by atoms with Crippen molar-refractivity contribution in [3.63, 3.8) is 0 Å². The summed E-state index contributed by atoms with van der Waals surface area (Å²) >= 11 is 0. The fraction of sp³-hybridized carbons (Fsp3) is 0.526. The molecule has 4 rings (SSSR count). The number of rotatable bonds is 3. The molecule has 1 aromatic carbocycles. The Hall–Kier alpha value is -1.85. The molecule has 2 aliphatic rings. The van der Waals surface area contributed by atoms with Gasteiger partial charge in [0, 0.05) is 35.9 Å². The van der Waals surface area contributed by atoms with E-state index >= 15 is 0 Å². The molecule has 2 atom stereocenters. The first kappa shape index (κ1) is 15.7. The normalized spacial score (nSPS) is 25.6. The van der Waals surface area contributed by atoms with E-state index in [0.29, 0.717) is 26.2 Å². The Labute approximate surface area is 141 Å². The highest BCUT2D eigenvalue weighted by molar-refractivity contribution is 5.84. The third-order valence-corrected chi connectivity index (χ3v) is 5.89. The molecule has 1 aliphatic heterocycles. The monoisotopic (exact) mass is 328 g/mol. The van der Waals surface area contributed by atoms with Crippen molar-refractivity contribution in [3.05, 3.63) is 36.0 Å². The topological polar surface area (TPSA) is 63.5 Å². The van der Waals surface area contributed by atoms with Crippen LogP contribution in [0.5, 0.6) is 0 Å². The van der Waals surface area contributed by atoms with Crippen molar-refractivity contribution in [2.75, 3.05) is 13.2 Å². The lowest BCUT2D eigenvalue weighted by molar-refractivity contribution is -0.156. The van der Waals surface area contributed by atoms with Crippen LogP contribution in [0, 0.1) is 12.3 Å². The predicted octanol–water partition coefficient (Wildman–Crippen LogP) is 2.00. The molecule has 0 radical (unpaired) electrons. The molecule has 128 valence electrons. The van der Waals surface area contributed by atoms with Gasteiger partial charge in [0.2, 0.25) is 5.91 Å². The molecule has 1 aromatic heterocycles. The number of para-hydroxylation sites is 1. The average Bonchev–Trinajstić information content (AvgIpc) is 2.91. The van der Waals surface area contributed by atoms with Crippen molar-refractivity contribution in [1.82, 2.24) is 9.88 Å². The van der Waals surface area contributed by atoms with Crippen LogP contribution in [0.1, 0.15) is 25.0 Å². The van der Waals surface area contributed by atoms with Crippen molar-refractivity contribution >= 4 is 16.8 Å². The summed E-state index contributed by atoms with van der Waals surface area (Å²) < 4.78 is 7.48. The number of carbonyl (C=O) groups excluding carboxylic acids is 1. The standard InChI is InChI=1S/C19H24N2O3/c1-13-10-14-4-2-3-5-15(14)21(13)12-18(23)20-16-11-17(22)19(16)6-8-24-9-7-19/h2-5,10,16-17,22H,6-9,11-12H2,1H3,(H,20,23)/t16-,17-/m1/s1. The van der Waals surface area contributed by atoms with Gasteiger partial charge in [-0.1, -0.05) is 18.2 Å². The first-order chi connectivity index (χ1) is 11.6. The average molecular weight is 328 g/mol. The van der Waals surface area contributed by atoms with Crippen LogP contribution in [0.15, 0.2) is 30.3 Å². The van der Waals surface area contributed by atoms with Gasteiger partial charge in [-0.15, -0.1) is 0 Å². The number of aryl methyl sites for hydroxylation is 1. The molecular formula is C19H24N2O3. The minimum Gasteiger partial charge on any atom is -0.392 e. The molecule has 0 bridgehead atoms. The highest BCUT2D eigenvalue weighted by Gasteiger charge is 2.55. The van der Waals surface area contributed by atoms with Crippen LogP contribution in [0.3, 0.4) is 0 Å². The molecule has 2 aromatic rings. The van der Waals surface area contributed by atoms with Crippen LogP contribution in [0.2, 0.25) is 0 Å². The van der Waals surface area contributed by atoms with Gasteiger partial charge in [0.1, 0.15) is 6.54 Å². The molecule has 1 aliphatic carbocycles. The number of amides is 1. The summed E-state index contributed by atoms with van der Waals surface area (Å²) in [4.78, 5) is 12.6. The summed E-state index contributed by atoms with van der Waals surface area (Å²) in [7, 11) is 0. The summed E-state index contributed by atoms with van der Waals surface area (Å²) in [5.41, 5.74) is 1.99. The van der Waals surface area contributed by atoms with E-state index in [1.54, 1.807) is 0 Å². The highest BCUT2D eigenvalue weighted by Crippen LogP contribution is 2.48. The Morgan fingerprint density at radius 1 is 1.38 bits per heavy atom. The lowest BCUT2D eigenvalue weighted by Gasteiger charge is -2.55. The summed E-state index contributed by atoms with van der Waals surface area (Å²) in [6, 6.07) is 10.3. The quantitative estimate of drug-likeness (QED) is 0.906. The maximum absolute atomic E-state index is 12.6. The number of hydrogen-bond acceptors (Lipinski definition) is 3. The molecule has 1 saturated heterocycles. The summed E-state index contributed by atoms with van der Waals surface area (Å²) in [6.07, 6.45) is 1.98. The lowest BCUT2D eigenvalue weighted by atomic mass is 9.58. The first-order valence-corrected chi connectivity index (χ1v) is 8.70. The van der Waals surface area contributed by atoms with Crippen LogP contribution >= 0.6 is 0 Å². The second kappa shape index (κ2) is 5.90. The number of ether oxygens (including phenoxy) is 1. The number of aromatic nitrogens is 1. The van der Waals surface area contributed by atoms with Crippen molar-refractivity contribution in [1.29, 1.82) is 0 Å². The van der Waals surface area contributed by atoms with E-state index in [1.165, 1.54) is 0 Å². The number of nitrogens with one attached hydrogen (secondary N) is 1. The second-order valence-corrected chi connectivity index (χ2v) is 7.15. The Kier molecular flexibility index (Phi) is 3.85. The Balaban J connectivity index is 1.48. The highest BCUT2D eigenvalue weighted by atomic mass is 16.5. The Bertz CT molecular complexity index is 761. The van der Waals surface area contributed by atoms with Gasteiger partial charge in [-0.2, -0.15) is 0 Å². The largest absolute Gasteiger partial charge is 0.392 e. The number of carbonyl (C=O) groups is 1. The summed E-state index contributed by atoms with van der Waals surface area (Å²) in [6.45, 7) is 3.69. The molecule has 1 spiro atoms. The molecule has 24 heavy (non-hydrogen) atoms. The van der Waals surface area contributed by atoms with E-state index in [0.717, 1.165) is 29.4 Å². The molecule has 1 saturated carbocycles. The Morgan fingerprint density at radius 2 is 2.12 bits per heavy atom. The third kappa shape index (κ3) is 2.43. The summed E-state index contributed by atoms with van der Waals surface area (Å²) in [5.74, 6) is 0.0159. The minimum absolute atomic E-state index is 0.0159. The third-order valence-electron chi connectivity index (χ3n) is 5.89. The van der Waals surface area contributed by atoms with E-state index < -0.39 is 0 Å². The van der Waals surface area contributed by atoms with Gasteiger partial charge in [-0.3, -0.25) is 4.79 Å². The number of nitrogens with zero attached hydrogens (tertiary/aromatic N) is 1. The van der Waals surface area contributed by atoms with Crippen molar-refractivity contribution < 1.29 is 14.6 Å². The molecule has 2 fully saturated rings. The second-order valence-electron chi connectivity index (χ2n) is 7.15. The van der Waals surface area contributed by atoms with Crippen molar-refractivity contribution in [3.8, 4) is 0 Å². The van der Waals surface area contributed by atoms with E-state index in [2.05, 4.69) is 22.0 Å². The van der Waals surface area contributed by atoms with Gasteiger partial charge >= 0.3 is 0 Å². The maximum atomic E-state index is 12.6. The van der Waals surface area contributed by atoms with E-state index in [-0.39, 0.29) is 23.5 Å². The SMILES string of the molecule is Cc1cc2ccccc2n1CC(=O)N[C@@H]1C[C@@H](O)C12CCOCC2. The molecule has 1 amide bonds. The number of fused-ring (bicyclic) bond motifs is 1. The van der Waals surface area contributed by atoms with Gasteiger partial charge in [0.15, 0.2) is 0 Å². The number of aliphatic hydroxyl groups is 1. The zero-order chi connectivity index (χ0) is 16.7. The van der Waals surface area contributed by atoms with Gasteiger partial charge in [-0.25, -0.2) is 0 Å². The molecular weight excluding hydrogens is 304 g/mol. The van der Waals surface area contributed by atoms with Gasteiger partial charge in [0.05, 0.1) is 6.10 Å². The van der Waals surface area contributed by atoms with E-state index in [1.807, 2.05) is 25.1 Å². The van der Waals surface area contributed by atoms with Crippen LogP contribution < -0.4 is 5.32 Å². The zero-order valence-electron chi connectivity index (χ0n) is 14.0. The van der Waals surface area contributed by atoms with Crippen LogP contribution in [-0.2, 0) is 16.1 Å². The van der Waals surface area contributed by atoms with Gasteiger partial charge in [-0.05, 0) is 43.7 Å². The van der Waals surface area contributed by atoms with Crippen molar-refractivity contribution in [2.24, 2.45) is 5.41 Å².